The fourth-order valence-electron chi connectivity index (χ4n) is 0.892. The fraction of sp³-hybridized carbons (Fsp3) is 0.667. The van der Waals surface area contributed by atoms with E-state index < -0.39 is 15.9 Å². The van der Waals surface area contributed by atoms with E-state index >= 15 is 0 Å². The molecule has 0 aromatic heterocycles. The van der Waals surface area contributed by atoms with Gasteiger partial charge in [0, 0.05) is 12.3 Å². The first-order valence-corrected chi connectivity index (χ1v) is 6.59. The summed E-state index contributed by atoms with van der Waals surface area (Å²) in [5.41, 5.74) is 5.48. The SMILES string of the molecule is C=CCC(N)C(=O)NCCS(=O)(=O)CC. The highest BCUT2D eigenvalue weighted by Crippen LogP contribution is 1.90. The molecule has 0 aromatic carbocycles. The van der Waals surface area contributed by atoms with Gasteiger partial charge in [-0.25, -0.2) is 8.42 Å². The van der Waals surface area contributed by atoms with Crippen molar-refractivity contribution in [2.24, 2.45) is 5.73 Å². The zero-order valence-corrected chi connectivity index (χ0v) is 9.72. The minimum atomic E-state index is -3.03. The van der Waals surface area contributed by atoms with Crippen LogP contribution in [0.25, 0.3) is 0 Å². The van der Waals surface area contributed by atoms with Crippen molar-refractivity contribution in [2.75, 3.05) is 18.1 Å². The molecule has 0 saturated heterocycles. The molecule has 0 saturated carbocycles. The standard InChI is InChI=1S/C9H18N2O3S/c1-3-5-8(10)9(12)11-6-7-15(13,14)4-2/h3,8H,1,4-7,10H2,2H3,(H,11,12). The van der Waals surface area contributed by atoms with E-state index in [1.165, 1.54) is 0 Å². The summed E-state index contributed by atoms with van der Waals surface area (Å²) in [6.07, 6.45) is 1.93. The third-order valence-electron chi connectivity index (χ3n) is 1.91. The Labute approximate surface area is 90.6 Å². The Bertz CT molecular complexity index is 311. The number of rotatable bonds is 7. The normalized spacial score (nSPS) is 13.2. The highest BCUT2D eigenvalue weighted by Gasteiger charge is 2.12. The van der Waals surface area contributed by atoms with Crippen LogP contribution in [0.3, 0.4) is 0 Å². The van der Waals surface area contributed by atoms with E-state index in [4.69, 9.17) is 5.73 Å². The monoisotopic (exact) mass is 234 g/mol. The molecule has 0 fully saturated rings. The Balaban J connectivity index is 3.87. The quantitative estimate of drug-likeness (QED) is 0.578. The number of amides is 1. The van der Waals surface area contributed by atoms with Crippen molar-refractivity contribution in [1.29, 1.82) is 0 Å². The maximum absolute atomic E-state index is 11.2. The first-order chi connectivity index (χ1) is 6.93. The highest BCUT2D eigenvalue weighted by molar-refractivity contribution is 7.91. The van der Waals surface area contributed by atoms with Gasteiger partial charge in [-0.1, -0.05) is 13.0 Å². The summed E-state index contributed by atoms with van der Waals surface area (Å²) in [5, 5.41) is 2.47. The van der Waals surface area contributed by atoms with Crippen molar-refractivity contribution in [3.05, 3.63) is 12.7 Å². The third kappa shape index (κ3) is 6.24. The second-order valence-corrected chi connectivity index (χ2v) is 5.63. The Kier molecular flexibility index (Phi) is 6.19. The van der Waals surface area contributed by atoms with E-state index in [-0.39, 0.29) is 24.0 Å². The summed E-state index contributed by atoms with van der Waals surface area (Å²) in [6.45, 7) is 5.14. The minimum Gasteiger partial charge on any atom is -0.354 e. The van der Waals surface area contributed by atoms with Crippen LogP contribution in [-0.4, -0.2) is 38.4 Å². The molecular formula is C9H18N2O3S. The molecular weight excluding hydrogens is 216 g/mol. The van der Waals surface area contributed by atoms with Crippen molar-refractivity contribution in [3.8, 4) is 0 Å². The molecule has 0 heterocycles. The molecule has 0 radical (unpaired) electrons. The van der Waals surface area contributed by atoms with Crippen LogP contribution in [0.5, 0.6) is 0 Å². The van der Waals surface area contributed by atoms with Gasteiger partial charge in [-0.3, -0.25) is 4.79 Å². The molecule has 88 valence electrons. The van der Waals surface area contributed by atoms with Crippen molar-refractivity contribution in [2.45, 2.75) is 19.4 Å². The van der Waals surface area contributed by atoms with Gasteiger partial charge in [0.1, 0.15) is 0 Å². The number of carbonyl (C=O) groups is 1. The second kappa shape index (κ2) is 6.58. The van der Waals surface area contributed by atoms with Crippen LogP contribution in [0, 0.1) is 0 Å². The molecule has 5 nitrogen and oxygen atoms in total. The Morgan fingerprint density at radius 2 is 2.20 bits per heavy atom. The van der Waals surface area contributed by atoms with E-state index in [9.17, 15) is 13.2 Å². The first-order valence-electron chi connectivity index (χ1n) is 4.77. The molecule has 0 aliphatic heterocycles. The molecule has 0 aliphatic rings. The van der Waals surface area contributed by atoms with Gasteiger partial charge in [-0.15, -0.1) is 6.58 Å². The van der Waals surface area contributed by atoms with Crippen molar-refractivity contribution in [3.63, 3.8) is 0 Å². The maximum atomic E-state index is 11.2. The molecule has 0 aliphatic carbocycles. The van der Waals surface area contributed by atoms with Crippen LogP contribution in [0.4, 0.5) is 0 Å². The molecule has 1 atom stereocenters. The molecule has 15 heavy (non-hydrogen) atoms. The van der Waals surface area contributed by atoms with Gasteiger partial charge in [0.15, 0.2) is 9.84 Å². The summed E-state index contributed by atoms with van der Waals surface area (Å²) in [5.74, 6) is -0.307. The summed E-state index contributed by atoms with van der Waals surface area (Å²) >= 11 is 0. The smallest absolute Gasteiger partial charge is 0.237 e. The van der Waals surface area contributed by atoms with Gasteiger partial charge >= 0.3 is 0 Å². The third-order valence-corrected chi connectivity index (χ3v) is 3.62. The zero-order valence-electron chi connectivity index (χ0n) is 8.90. The van der Waals surface area contributed by atoms with Crippen LogP contribution in [0.1, 0.15) is 13.3 Å². The van der Waals surface area contributed by atoms with Gasteiger partial charge < -0.3 is 11.1 Å². The van der Waals surface area contributed by atoms with Crippen LogP contribution >= 0.6 is 0 Å². The lowest BCUT2D eigenvalue weighted by Gasteiger charge is -2.09. The summed E-state index contributed by atoms with van der Waals surface area (Å²) in [7, 11) is -3.03. The van der Waals surface area contributed by atoms with Crippen LogP contribution in [0.2, 0.25) is 0 Å². The van der Waals surface area contributed by atoms with Crippen molar-refractivity contribution < 1.29 is 13.2 Å². The largest absolute Gasteiger partial charge is 0.354 e. The van der Waals surface area contributed by atoms with Crippen molar-refractivity contribution >= 4 is 15.7 Å². The number of sulfone groups is 1. The summed E-state index contributed by atoms with van der Waals surface area (Å²) in [6, 6.07) is -0.646. The number of nitrogens with one attached hydrogen (secondary N) is 1. The minimum absolute atomic E-state index is 0.0456. The van der Waals surface area contributed by atoms with Crippen LogP contribution < -0.4 is 11.1 Å². The average molecular weight is 234 g/mol. The van der Waals surface area contributed by atoms with Crippen LogP contribution in [0.15, 0.2) is 12.7 Å². The second-order valence-electron chi connectivity index (χ2n) is 3.16. The number of hydrogen-bond donors (Lipinski definition) is 2. The molecule has 3 N–H and O–H groups in total. The van der Waals surface area contributed by atoms with E-state index in [1.807, 2.05) is 0 Å². The highest BCUT2D eigenvalue weighted by atomic mass is 32.2. The fourth-order valence-corrected chi connectivity index (χ4v) is 1.59. The Morgan fingerprint density at radius 3 is 2.67 bits per heavy atom. The van der Waals surface area contributed by atoms with E-state index in [2.05, 4.69) is 11.9 Å². The number of carbonyl (C=O) groups excluding carboxylic acids is 1. The number of hydrogen-bond acceptors (Lipinski definition) is 4. The van der Waals surface area contributed by atoms with E-state index in [0.29, 0.717) is 6.42 Å². The maximum Gasteiger partial charge on any atom is 0.237 e. The number of nitrogens with two attached hydrogens (primary N) is 1. The molecule has 0 spiro atoms. The topological polar surface area (TPSA) is 89.3 Å². The molecule has 1 amide bonds. The van der Waals surface area contributed by atoms with Gasteiger partial charge in [-0.2, -0.15) is 0 Å². The first kappa shape index (κ1) is 14.1. The Morgan fingerprint density at radius 1 is 1.60 bits per heavy atom. The lowest BCUT2D eigenvalue weighted by molar-refractivity contribution is -0.122. The van der Waals surface area contributed by atoms with E-state index in [0.717, 1.165) is 0 Å². The lowest BCUT2D eigenvalue weighted by Crippen LogP contribution is -2.42. The Hall–Kier alpha value is -0.880. The summed E-state index contributed by atoms with van der Waals surface area (Å²) < 4.78 is 22.2. The molecule has 6 heteroatoms. The molecule has 0 aromatic rings. The molecule has 0 bridgehead atoms. The predicted octanol–water partition coefficient (Wildman–Crippen LogP) is -0.559. The zero-order chi connectivity index (χ0) is 11.9. The van der Waals surface area contributed by atoms with Gasteiger partial charge in [0.25, 0.3) is 0 Å². The lowest BCUT2D eigenvalue weighted by atomic mass is 10.2. The van der Waals surface area contributed by atoms with Gasteiger partial charge in [0.05, 0.1) is 11.8 Å². The molecule has 0 rings (SSSR count). The summed E-state index contributed by atoms with van der Waals surface area (Å²) in [4.78, 5) is 11.2. The van der Waals surface area contributed by atoms with Gasteiger partial charge in [0.2, 0.25) is 5.91 Å². The van der Waals surface area contributed by atoms with Crippen molar-refractivity contribution in [1.82, 2.24) is 5.32 Å². The molecule has 1 unspecified atom stereocenters. The van der Waals surface area contributed by atoms with Gasteiger partial charge in [-0.05, 0) is 6.42 Å². The predicted molar refractivity (Wildman–Crippen MR) is 60.1 cm³/mol. The van der Waals surface area contributed by atoms with E-state index in [1.54, 1.807) is 13.0 Å². The average Bonchev–Trinajstić information content (AvgIpc) is 2.18. The van der Waals surface area contributed by atoms with Crippen LogP contribution in [-0.2, 0) is 14.6 Å².